The number of nitrogens with one attached hydrogen (secondary N) is 1. The molecule has 1 nitrogen and oxygen atoms in total. The molecule has 1 heteroatoms. The van der Waals surface area contributed by atoms with E-state index >= 15 is 0 Å². The second-order valence-corrected chi connectivity index (χ2v) is 6.28. The smallest absolute Gasteiger partial charge is 0.0369 e. The van der Waals surface area contributed by atoms with E-state index in [4.69, 9.17) is 0 Å². The highest BCUT2D eigenvalue weighted by Gasteiger charge is 2.29. The van der Waals surface area contributed by atoms with Crippen LogP contribution >= 0.6 is 0 Å². The molecule has 0 radical (unpaired) electrons. The molecule has 3 aromatic rings. The topological polar surface area (TPSA) is 12.0 Å². The van der Waals surface area contributed by atoms with E-state index in [9.17, 15) is 0 Å². The minimum absolute atomic E-state index is 0.405. The van der Waals surface area contributed by atoms with Crippen molar-refractivity contribution >= 4 is 0 Å². The van der Waals surface area contributed by atoms with Crippen LogP contribution in [0.25, 0.3) is 0 Å². The minimum atomic E-state index is 0.405. The lowest BCUT2D eigenvalue weighted by Gasteiger charge is -2.15. The Morgan fingerprint density at radius 1 is 0.522 bits per heavy atom. The largest absolute Gasteiger partial charge is 0.302 e. The zero-order valence-electron chi connectivity index (χ0n) is 13.2. The molecule has 0 saturated carbocycles. The molecule has 1 heterocycles. The van der Waals surface area contributed by atoms with Gasteiger partial charge in [0.15, 0.2) is 0 Å². The molecule has 0 unspecified atom stereocenters. The van der Waals surface area contributed by atoms with E-state index < -0.39 is 0 Å². The van der Waals surface area contributed by atoms with Gasteiger partial charge in [-0.3, -0.25) is 0 Å². The number of benzene rings is 3. The van der Waals surface area contributed by atoms with Crippen molar-refractivity contribution < 1.29 is 0 Å². The maximum atomic E-state index is 3.85. The van der Waals surface area contributed by atoms with E-state index in [1.807, 2.05) is 0 Å². The van der Waals surface area contributed by atoms with E-state index in [0.717, 1.165) is 12.8 Å². The standard InChI is InChI=1S/C22H21N/c1-3-9-17(10-4-1)15-21-19-13-7-8-14-20(19)22(23-21)16-18-11-5-2-6-12-18/h1-14,21-23H,15-16H2/t21-,22-/m0/s1. The molecule has 0 aliphatic carbocycles. The number of hydrogen-bond acceptors (Lipinski definition) is 1. The molecule has 114 valence electrons. The summed E-state index contributed by atoms with van der Waals surface area (Å²) in [6.45, 7) is 0. The van der Waals surface area contributed by atoms with Crippen molar-refractivity contribution in [1.29, 1.82) is 0 Å². The zero-order valence-corrected chi connectivity index (χ0v) is 13.2. The van der Waals surface area contributed by atoms with Crippen molar-refractivity contribution in [3.05, 3.63) is 107 Å². The third kappa shape index (κ3) is 3.06. The molecule has 0 aromatic heterocycles. The third-order valence-electron chi connectivity index (χ3n) is 4.71. The van der Waals surface area contributed by atoms with Crippen LogP contribution in [-0.4, -0.2) is 0 Å². The second-order valence-electron chi connectivity index (χ2n) is 6.28. The Morgan fingerprint density at radius 3 is 1.35 bits per heavy atom. The van der Waals surface area contributed by atoms with Gasteiger partial charge in [0.2, 0.25) is 0 Å². The first-order chi connectivity index (χ1) is 11.4. The van der Waals surface area contributed by atoms with Gasteiger partial charge in [-0.15, -0.1) is 0 Å². The van der Waals surface area contributed by atoms with Crippen molar-refractivity contribution in [3.63, 3.8) is 0 Å². The summed E-state index contributed by atoms with van der Waals surface area (Å²) in [7, 11) is 0. The van der Waals surface area contributed by atoms with Crippen molar-refractivity contribution in [2.45, 2.75) is 24.9 Å². The van der Waals surface area contributed by atoms with Gasteiger partial charge < -0.3 is 5.32 Å². The van der Waals surface area contributed by atoms with E-state index in [1.54, 1.807) is 0 Å². The van der Waals surface area contributed by atoms with Gasteiger partial charge in [0.05, 0.1) is 0 Å². The Balaban J connectivity index is 1.59. The van der Waals surface area contributed by atoms with Gasteiger partial charge in [-0.05, 0) is 35.1 Å². The van der Waals surface area contributed by atoms with Crippen LogP contribution in [-0.2, 0) is 12.8 Å². The maximum Gasteiger partial charge on any atom is 0.0369 e. The molecule has 0 fully saturated rings. The highest BCUT2D eigenvalue weighted by molar-refractivity contribution is 5.39. The fraction of sp³-hybridized carbons (Fsp3) is 0.182. The first-order valence-electron chi connectivity index (χ1n) is 8.33. The molecule has 4 rings (SSSR count). The van der Waals surface area contributed by atoms with Crippen molar-refractivity contribution in [2.24, 2.45) is 0 Å². The van der Waals surface area contributed by atoms with Crippen molar-refractivity contribution in [2.75, 3.05) is 0 Å². The molecule has 0 amide bonds. The summed E-state index contributed by atoms with van der Waals surface area (Å²) in [6.07, 6.45) is 2.09. The van der Waals surface area contributed by atoms with Crippen molar-refractivity contribution in [3.8, 4) is 0 Å². The molecule has 2 atom stereocenters. The van der Waals surface area contributed by atoms with E-state index in [2.05, 4.69) is 90.2 Å². The highest BCUT2D eigenvalue weighted by atomic mass is 15.0. The van der Waals surface area contributed by atoms with Crippen LogP contribution in [0.1, 0.15) is 34.3 Å². The Morgan fingerprint density at radius 2 is 0.913 bits per heavy atom. The first kappa shape index (κ1) is 14.2. The van der Waals surface area contributed by atoms with Crippen LogP contribution in [0.2, 0.25) is 0 Å². The first-order valence-corrected chi connectivity index (χ1v) is 8.33. The van der Waals surface area contributed by atoms with Crippen LogP contribution in [0.5, 0.6) is 0 Å². The van der Waals surface area contributed by atoms with Gasteiger partial charge in [0.1, 0.15) is 0 Å². The molecule has 1 aliphatic rings. The molecule has 0 spiro atoms. The molecule has 0 bridgehead atoms. The van der Waals surface area contributed by atoms with Crippen LogP contribution in [0.4, 0.5) is 0 Å². The number of hydrogen-bond donors (Lipinski definition) is 1. The molecule has 0 saturated heterocycles. The van der Waals surface area contributed by atoms with E-state index in [-0.39, 0.29) is 0 Å². The minimum Gasteiger partial charge on any atom is -0.302 e. The summed E-state index contributed by atoms with van der Waals surface area (Å²) in [5.74, 6) is 0. The summed E-state index contributed by atoms with van der Waals surface area (Å²) < 4.78 is 0. The lowest BCUT2D eigenvalue weighted by Crippen LogP contribution is -2.21. The quantitative estimate of drug-likeness (QED) is 0.725. The summed E-state index contributed by atoms with van der Waals surface area (Å²) >= 11 is 0. The molecule has 23 heavy (non-hydrogen) atoms. The number of fused-ring (bicyclic) bond motifs is 1. The average molecular weight is 299 g/mol. The Bertz CT molecular complexity index is 698. The van der Waals surface area contributed by atoms with Gasteiger partial charge in [-0.25, -0.2) is 0 Å². The fourth-order valence-electron chi connectivity index (χ4n) is 3.61. The monoisotopic (exact) mass is 299 g/mol. The zero-order chi connectivity index (χ0) is 15.5. The Labute approximate surface area is 138 Å². The fourth-order valence-corrected chi connectivity index (χ4v) is 3.61. The Hall–Kier alpha value is -2.38. The van der Waals surface area contributed by atoms with Gasteiger partial charge in [-0.1, -0.05) is 84.9 Å². The molecular formula is C22H21N. The molecule has 3 aromatic carbocycles. The van der Waals surface area contributed by atoms with E-state index in [0.29, 0.717) is 12.1 Å². The predicted octanol–water partition coefficient (Wildman–Crippen LogP) is 4.86. The summed E-state index contributed by atoms with van der Waals surface area (Å²) in [4.78, 5) is 0. The molecule has 1 N–H and O–H groups in total. The van der Waals surface area contributed by atoms with Crippen LogP contribution < -0.4 is 5.32 Å². The van der Waals surface area contributed by atoms with Gasteiger partial charge >= 0.3 is 0 Å². The summed E-state index contributed by atoms with van der Waals surface area (Å²) in [5, 5.41) is 3.85. The lowest BCUT2D eigenvalue weighted by molar-refractivity contribution is 0.491. The number of rotatable bonds is 4. The van der Waals surface area contributed by atoms with Gasteiger partial charge in [0.25, 0.3) is 0 Å². The second kappa shape index (κ2) is 6.39. The summed E-state index contributed by atoms with van der Waals surface area (Å²) in [5.41, 5.74) is 5.69. The van der Waals surface area contributed by atoms with Gasteiger partial charge in [0, 0.05) is 12.1 Å². The maximum absolute atomic E-state index is 3.85. The SMILES string of the molecule is c1ccc(C[C@@H]2N[C@@H](Cc3ccccc3)c3ccccc32)cc1. The van der Waals surface area contributed by atoms with Crippen molar-refractivity contribution in [1.82, 2.24) is 5.32 Å². The third-order valence-corrected chi connectivity index (χ3v) is 4.71. The molecular weight excluding hydrogens is 278 g/mol. The van der Waals surface area contributed by atoms with Crippen LogP contribution in [0.3, 0.4) is 0 Å². The van der Waals surface area contributed by atoms with Crippen LogP contribution in [0, 0.1) is 0 Å². The lowest BCUT2D eigenvalue weighted by atomic mass is 9.96. The summed E-state index contributed by atoms with van der Waals surface area (Å²) in [6, 6.07) is 31.2. The van der Waals surface area contributed by atoms with Gasteiger partial charge in [-0.2, -0.15) is 0 Å². The highest BCUT2D eigenvalue weighted by Crippen LogP contribution is 2.36. The van der Waals surface area contributed by atoms with E-state index in [1.165, 1.54) is 22.3 Å². The predicted molar refractivity (Wildman–Crippen MR) is 95.4 cm³/mol. The Kier molecular flexibility index (Phi) is 3.95. The van der Waals surface area contributed by atoms with Crippen LogP contribution in [0.15, 0.2) is 84.9 Å². The molecule has 1 aliphatic heterocycles. The average Bonchev–Trinajstić information content (AvgIpc) is 2.95. The normalized spacial score (nSPS) is 19.5.